The second kappa shape index (κ2) is 4.13. The Bertz CT molecular complexity index is 551. The molecular formula is C15H16O2. The van der Waals surface area contributed by atoms with Gasteiger partial charge in [-0.05, 0) is 61.2 Å². The van der Waals surface area contributed by atoms with Gasteiger partial charge >= 0.3 is 0 Å². The molecule has 17 heavy (non-hydrogen) atoms. The highest BCUT2D eigenvalue weighted by Crippen LogP contribution is 2.37. The minimum atomic E-state index is 0.228. The quantitative estimate of drug-likeness (QED) is 0.781. The Morgan fingerprint density at radius 2 is 1.59 bits per heavy atom. The molecule has 0 bridgehead atoms. The van der Waals surface area contributed by atoms with Gasteiger partial charge in [-0.25, -0.2) is 0 Å². The largest absolute Gasteiger partial charge is 0.508 e. The van der Waals surface area contributed by atoms with Crippen molar-refractivity contribution in [2.45, 2.75) is 20.8 Å². The Labute approximate surface area is 101 Å². The van der Waals surface area contributed by atoms with Crippen LogP contribution in [-0.4, -0.2) is 10.2 Å². The summed E-state index contributed by atoms with van der Waals surface area (Å²) in [7, 11) is 0. The number of phenols is 2. The number of phenolic OH excluding ortho intramolecular Hbond substituents is 2. The molecule has 0 radical (unpaired) electrons. The Hall–Kier alpha value is -1.96. The van der Waals surface area contributed by atoms with Crippen molar-refractivity contribution in [3.05, 3.63) is 47.0 Å². The third-order valence-electron chi connectivity index (χ3n) is 3.17. The fraction of sp³-hybridized carbons (Fsp3) is 0.200. The molecule has 0 aliphatic heterocycles. The molecule has 0 heterocycles. The zero-order valence-corrected chi connectivity index (χ0v) is 10.3. The van der Waals surface area contributed by atoms with Crippen LogP contribution in [0.3, 0.4) is 0 Å². The van der Waals surface area contributed by atoms with Gasteiger partial charge in [-0.1, -0.05) is 12.1 Å². The second-order valence-electron chi connectivity index (χ2n) is 4.40. The van der Waals surface area contributed by atoms with Crippen molar-refractivity contribution in [2.75, 3.05) is 0 Å². The Balaban J connectivity index is 2.77. The smallest absolute Gasteiger partial charge is 0.123 e. The molecule has 0 fully saturated rings. The minimum Gasteiger partial charge on any atom is -0.508 e. The van der Waals surface area contributed by atoms with Gasteiger partial charge in [0, 0.05) is 5.56 Å². The van der Waals surface area contributed by atoms with Crippen LogP contribution in [-0.2, 0) is 0 Å². The van der Waals surface area contributed by atoms with E-state index in [1.165, 1.54) is 0 Å². The molecule has 0 saturated heterocycles. The number of hydrogen-bond acceptors (Lipinski definition) is 2. The Morgan fingerprint density at radius 1 is 0.882 bits per heavy atom. The lowest BCUT2D eigenvalue weighted by molar-refractivity contribution is 0.473. The Kier molecular flexibility index (Phi) is 2.80. The highest BCUT2D eigenvalue weighted by atomic mass is 16.3. The molecule has 0 unspecified atom stereocenters. The molecule has 2 aromatic carbocycles. The number of hydrogen-bond donors (Lipinski definition) is 2. The lowest BCUT2D eigenvalue weighted by Crippen LogP contribution is -1.90. The van der Waals surface area contributed by atoms with Gasteiger partial charge in [0.1, 0.15) is 11.5 Å². The second-order valence-corrected chi connectivity index (χ2v) is 4.40. The average Bonchev–Trinajstić information content (AvgIpc) is 2.24. The lowest BCUT2D eigenvalue weighted by Gasteiger charge is -2.13. The van der Waals surface area contributed by atoms with E-state index in [2.05, 4.69) is 0 Å². The van der Waals surface area contributed by atoms with Crippen LogP contribution in [0.15, 0.2) is 30.3 Å². The van der Waals surface area contributed by atoms with E-state index in [-0.39, 0.29) is 11.5 Å². The van der Waals surface area contributed by atoms with Gasteiger partial charge < -0.3 is 10.2 Å². The summed E-state index contributed by atoms with van der Waals surface area (Å²) in [5.74, 6) is 0.476. The van der Waals surface area contributed by atoms with E-state index in [1.807, 2.05) is 32.9 Å². The van der Waals surface area contributed by atoms with Gasteiger partial charge in [-0.2, -0.15) is 0 Å². The summed E-state index contributed by atoms with van der Waals surface area (Å²) in [5.41, 5.74) is 4.77. The molecule has 0 atom stereocenters. The molecule has 0 aromatic heterocycles. The maximum absolute atomic E-state index is 9.97. The molecule has 2 heteroatoms. The fourth-order valence-electron chi connectivity index (χ4n) is 2.10. The molecule has 0 aliphatic rings. The maximum atomic E-state index is 9.97. The number of rotatable bonds is 1. The van der Waals surface area contributed by atoms with E-state index < -0.39 is 0 Å². The SMILES string of the molecule is Cc1cc(O)cc(-c2c(C)cccc2O)c1C. The zero-order valence-electron chi connectivity index (χ0n) is 10.3. The highest BCUT2D eigenvalue weighted by molar-refractivity contribution is 5.77. The number of aryl methyl sites for hydroxylation is 2. The summed E-state index contributed by atoms with van der Waals surface area (Å²) in [6.45, 7) is 5.90. The average molecular weight is 228 g/mol. The molecule has 0 aliphatic carbocycles. The predicted octanol–water partition coefficient (Wildman–Crippen LogP) is 3.69. The van der Waals surface area contributed by atoms with Crippen molar-refractivity contribution in [3.63, 3.8) is 0 Å². The van der Waals surface area contributed by atoms with Gasteiger partial charge in [0.05, 0.1) is 0 Å². The molecule has 0 saturated carbocycles. The maximum Gasteiger partial charge on any atom is 0.123 e. The summed E-state index contributed by atoms with van der Waals surface area (Å²) >= 11 is 0. The van der Waals surface area contributed by atoms with Crippen molar-refractivity contribution >= 4 is 0 Å². The first-order valence-corrected chi connectivity index (χ1v) is 5.60. The number of benzene rings is 2. The van der Waals surface area contributed by atoms with Crippen molar-refractivity contribution < 1.29 is 10.2 Å². The Morgan fingerprint density at radius 3 is 2.24 bits per heavy atom. The van der Waals surface area contributed by atoms with Crippen LogP contribution in [0.5, 0.6) is 11.5 Å². The summed E-state index contributed by atoms with van der Waals surface area (Å²) in [6, 6.07) is 8.87. The predicted molar refractivity (Wildman–Crippen MR) is 69.4 cm³/mol. The van der Waals surface area contributed by atoms with E-state index in [4.69, 9.17) is 0 Å². The van der Waals surface area contributed by atoms with Crippen LogP contribution in [0.1, 0.15) is 16.7 Å². The molecule has 0 spiro atoms. The van der Waals surface area contributed by atoms with Crippen molar-refractivity contribution in [1.29, 1.82) is 0 Å². The molecule has 88 valence electrons. The van der Waals surface area contributed by atoms with E-state index in [9.17, 15) is 10.2 Å². The third-order valence-corrected chi connectivity index (χ3v) is 3.17. The van der Waals surface area contributed by atoms with Crippen molar-refractivity contribution in [1.82, 2.24) is 0 Å². The fourth-order valence-corrected chi connectivity index (χ4v) is 2.10. The first-order valence-electron chi connectivity index (χ1n) is 5.60. The molecule has 2 rings (SSSR count). The van der Waals surface area contributed by atoms with Crippen LogP contribution < -0.4 is 0 Å². The first kappa shape index (κ1) is 11.5. The van der Waals surface area contributed by atoms with Crippen LogP contribution >= 0.6 is 0 Å². The van der Waals surface area contributed by atoms with E-state index in [0.717, 1.165) is 27.8 Å². The van der Waals surface area contributed by atoms with Gasteiger partial charge in [-0.15, -0.1) is 0 Å². The lowest BCUT2D eigenvalue weighted by atomic mass is 9.93. The molecule has 0 amide bonds. The van der Waals surface area contributed by atoms with Gasteiger partial charge in [-0.3, -0.25) is 0 Å². The van der Waals surface area contributed by atoms with Crippen molar-refractivity contribution in [2.24, 2.45) is 0 Å². The molecular weight excluding hydrogens is 212 g/mol. The van der Waals surface area contributed by atoms with Crippen LogP contribution in [0.25, 0.3) is 11.1 Å². The first-order chi connectivity index (χ1) is 8.00. The highest BCUT2D eigenvalue weighted by Gasteiger charge is 2.12. The minimum absolute atomic E-state index is 0.228. The van der Waals surface area contributed by atoms with Gasteiger partial charge in [0.15, 0.2) is 0 Å². The van der Waals surface area contributed by atoms with Gasteiger partial charge in [0.2, 0.25) is 0 Å². The normalized spacial score (nSPS) is 10.5. The molecule has 2 nitrogen and oxygen atoms in total. The number of aromatic hydroxyl groups is 2. The topological polar surface area (TPSA) is 40.5 Å². The van der Waals surface area contributed by atoms with Crippen LogP contribution in [0.2, 0.25) is 0 Å². The monoisotopic (exact) mass is 228 g/mol. The van der Waals surface area contributed by atoms with Crippen LogP contribution in [0, 0.1) is 20.8 Å². The summed E-state index contributed by atoms with van der Waals surface area (Å²) in [6.07, 6.45) is 0. The third kappa shape index (κ3) is 1.98. The van der Waals surface area contributed by atoms with E-state index >= 15 is 0 Å². The molecule has 2 aromatic rings. The molecule has 2 N–H and O–H groups in total. The van der Waals surface area contributed by atoms with Gasteiger partial charge in [0.25, 0.3) is 0 Å². The van der Waals surface area contributed by atoms with Crippen molar-refractivity contribution in [3.8, 4) is 22.6 Å². The van der Waals surface area contributed by atoms with E-state index in [1.54, 1.807) is 18.2 Å². The van der Waals surface area contributed by atoms with Crippen LogP contribution in [0.4, 0.5) is 0 Å². The summed E-state index contributed by atoms with van der Waals surface area (Å²) in [4.78, 5) is 0. The summed E-state index contributed by atoms with van der Waals surface area (Å²) < 4.78 is 0. The summed E-state index contributed by atoms with van der Waals surface area (Å²) in [5, 5.41) is 19.6. The zero-order chi connectivity index (χ0) is 12.6. The van der Waals surface area contributed by atoms with E-state index in [0.29, 0.717) is 0 Å². The standard InChI is InChI=1S/C15H16O2/c1-9-5-4-6-14(17)15(9)13-8-12(16)7-10(2)11(13)3/h4-8,16-17H,1-3H3.